The van der Waals surface area contributed by atoms with Crippen molar-refractivity contribution in [2.45, 2.75) is 26.0 Å². The molecule has 1 aliphatic heterocycles. The molecule has 18 heavy (non-hydrogen) atoms. The highest BCUT2D eigenvalue weighted by molar-refractivity contribution is 6.37. The molecular formula is C12H17Cl2N3O. The number of hydrogen-bond acceptors (Lipinski definition) is 4. The zero-order valence-electron chi connectivity index (χ0n) is 10.7. The summed E-state index contributed by atoms with van der Waals surface area (Å²) in [6, 6.07) is 1.97. The molecule has 0 aliphatic carbocycles. The zero-order chi connectivity index (χ0) is 13.3. The second kappa shape index (κ2) is 5.51. The fraction of sp³-hybridized carbons (Fsp3) is 0.583. The first-order valence-electron chi connectivity index (χ1n) is 5.95. The van der Waals surface area contributed by atoms with E-state index in [1.165, 1.54) is 0 Å². The van der Waals surface area contributed by atoms with E-state index in [9.17, 15) is 0 Å². The molecule has 0 spiro atoms. The highest BCUT2D eigenvalue weighted by Gasteiger charge is 2.26. The molecule has 4 nitrogen and oxygen atoms in total. The molecule has 1 aromatic rings. The number of rotatable bonds is 2. The van der Waals surface area contributed by atoms with Gasteiger partial charge in [-0.3, -0.25) is 0 Å². The van der Waals surface area contributed by atoms with E-state index in [0.717, 1.165) is 12.4 Å². The monoisotopic (exact) mass is 289 g/mol. The lowest BCUT2D eigenvalue weighted by atomic mass is 10.2. The SMILES string of the molecule is CNc1nc(N2CC(C)OCC2C)c(Cl)cc1Cl. The van der Waals surface area contributed by atoms with Crippen LogP contribution < -0.4 is 10.2 Å². The average molecular weight is 290 g/mol. The van der Waals surface area contributed by atoms with E-state index in [-0.39, 0.29) is 12.1 Å². The quantitative estimate of drug-likeness (QED) is 0.908. The summed E-state index contributed by atoms with van der Waals surface area (Å²) in [5, 5.41) is 4.07. The van der Waals surface area contributed by atoms with Crippen molar-refractivity contribution >= 4 is 34.8 Å². The molecule has 0 radical (unpaired) electrons. The van der Waals surface area contributed by atoms with Gasteiger partial charge in [-0.15, -0.1) is 0 Å². The molecule has 100 valence electrons. The minimum absolute atomic E-state index is 0.174. The molecule has 0 bridgehead atoms. The number of ether oxygens (including phenoxy) is 1. The number of nitrogens with zero attached hydrogens (tertiary/aromatic N) is 2. The number of pyridine rings is 1. The minimum atomic E-state index is 0.174. The summed E-state index contributed by atoms with van der Waals surface area (Å²) in [5.41, 5.74) is 0. The fourth-order valence-electron chi connectivity index (χ4n) is 2.03. The summed E-state index contributed by atoms with van der Waals surface area (Å²) in [6.45, 7) is 5.59. The Kier molecular flexibility index (Phi) is 4.20. The molecule has 0 aromatic carbocycles. The van der Waals surface area contributed by atoms with Crippen molar-refractivity contribution in [3.05, 3.63) is 16.1 Å². The second-order valence-corrected chi connectivity index (χ2v) is 5.33. The smallest absolute Gasteiger partial charge is 0.150 e. The second-order valence-electron chi connectivity index (χ2n) is 4.52. The first kappa shape index (κ1) is 13.7. The van der Waals surface area contributed by atoms with Crippen LogP contribution in [0.25, 0.3) is 0 Å². The van der Waals surface area contributed by atoms with Crippen LogP contribution in [0, 0.1) is 0 Å². The number of nitrogens with one attached hydrogen (secondary N) is 1. The van der Waals surface area contributed by atoms with Crippen molar-refractivity contribution in [1.29, 1.82) is 0 Å². The Bertz CT molecular complexity index is 442. The van der Waals surface area contributed by atoms with Crippen molar-refractivity contribution in [3.8, 4) is 0 Å². The molecule has 1 aliphatic rings. The van der Waals surface area contributed by atoms with Crippen LogP contribution in [0.1, 0.15) is 13.8 Å². The molecule has 2 atom stereocenters. The predicted molar refractivity (Wildman–Crippen MR) is 76.0 cm³/mol. The third-order valence-electron chi connectivity index (χ3n) is 3.03. The maximum Gasteiger partial charge on any atom is 0.150 e. The van der Waals surface area contributed by atoms with Crippen molar-refractivity contribution in [1.82, 2.24) is 4.98 Å². The molecular weight excluding hydrogens is 273 g/mol. The number of anilines is 2. The summed E-state index contributed by atoms with van der Waals surface area (Å²) in [4.78, 5) is 6.65. The van der Waals surface area contributed by atoms with E-state index >= 15 is 0 Å². The van der Waals surface area contributed by atoms with Gasteiger partial charge in [0.1, 0.15) is 11.6 Å². The number of halogens is 2. The summed E-state index contributed by atoms with van der Waals surface area (Å²) < 4.78 is 5.61. The number of morpholine rings is 1. The third kappa shape index (κ3) is 2.66. The lowest BCUT2D eigenvalue weighted by molar-refractivity contribution is 0.0340. The first-order chi connectivity index (χ1) is 8.52. The number of hydrogen-bond donors (Lipinski definition) is 1. The molecule has 2 rings (SSSR count). The largest absolute Gasteiger partial charge is 0.375 e. The normalized spacial score (nSPS) is 24.2. The molecule has 1 fully saturated rings. The Hall–Kier alpha value is -0.710. The van der Waals surface area contributed by atoms with Gasteiger partial charge in [0.25, 0.3) is 0 Å². The highest BCUT2D eigenvalue weighted by atomic mass is 35.5. The molecule has 2 unspecified atom stereocenters. The van der Waals surface area contributed by atoms with Gasteiger partial charge in [-0.05, 0) is 19.9 Å². The molecule has 0 amide bonds. The third-order valence-corrected chi connectivity index (χ3v) is 3.59. The van der Waals surface area contributed by atoms with Crippen LogP contribution in [0.3, 0.4) is 0 Å². The Morgan fingerprint density at radius 2 is 2.11 bits per heavy atom. The summed E-state index contributed by atoms with van der Waals surface area (Å²) in [5.74, 6) is 1.40. The standard InChI is InChI=1S/C12H17Cl2N3O/c1-7-6-18-8(2)5-17(7)12-10(14)4-9(13)11(15-3)16-12/h4,7-8H,5-6H2,1-3H3,(H,15,16). The van der Waals surface area contributed by atoms with Gasteiger partial charge in [-0.25, -0.2) is 4.98 Å². The maximum absolute atomic E-state index is 6.25. The van der Waals surface area contributed by atoms with E-state index in [1.807, 2.05) is 6.92 Å². The zero-order valence-corrected chi connectivity index (χ0v) is 12.2. The molecule has 1 N–H and O–H groups in total. The Morgan fingerprint density at radius 1 is 1.39 bits per heavy atom. The molecule has 1 saturated heterocycles. The molecule has 2 heterocycles. The lowest BCUT2D eigenvalue weighted by Gasteiger charge is -2.38. The van der Waals surface area contributed by atoms with Gasteiger partial charge in [0.2, 0.25) is 0 Å². The van der Waals surface area contributed by atoms with Crippen molar-refractivity contribution in [2.75, 3.05) is 30.4 Å². The molecule has 0 saturated carbocycles. The van der Waals surface area contributed by atoms with Gasteiger partial charge in [-0.2, -0.15) is 0 Å². The van der Waals surface area contributed by atoms with E-state index in [1.54, 1.807) is 13.1 Å². The lowest BCUT2D eigenvalue weighted by Crippen LogP contribution is -2.48. The minimum Gasteiger partial charge on any atom is -0.375 e. The maximum atomic E-state index is 6.25. The Balaban J connectivity index is 2.36. The molecule has 1 aromatic heterocycles. The van der Waals surface area contributed by atoms with Crippen LogP contribution in [-0.2, 0) is 4.74 Å². The first-order valence-corrected chi connectivity index (χ1v) is 6.70. The van der Waals surface area contributed by atoms with Crippen molar-refractivity contribution in [3.63, 3.8) is 0 Å². The fourth-order valence-corrected chi connectivity index (χ4v) is 2.59. The summed E-state index contributed by atoms with van der Waals surface area (Å²) >= 11 is 12.3. The Labute approximate surface area is 117 Å². The van der Waals surface area contributed by atoms with Crippen LogP contribution in [0.2, 0.25) is 10.0 Å². The van der Waals surface area contributed by atoms with Gasteiger partial charge in [0.15, 0.2) is 0 Å². The topological polar surface area (TPSA) is 37.4 Å². The summed E-state index contributed by atoms with van der Waals surface area (Å²) in [7, 11) is 1.79. The van der Waals surface area contributed by atoms with Crippen LogP contribution in [-0.4, -0.2) is 37.3 Å². The molecule has 6 heteroatoms. The van der Waals surface area contributed by atoms with E-state index in [4.69, 9.17) is 27.9 Å². The van der Waals surface area contributed by atoms with Gasteiger partial charge in [-0.1, -0.05) is 23.2 Å². The summed E-state index contributed by atoms with van der Waals surface area (Å²) in [6.07, 6.45) is 0.174. The van der Waals surface area contributed by atoms with Crippen LogP contribution in [0.5, 0.6) is 0 Å². The van der Waals surface area contributed by atoms with Crippen LogP contribution >= 0.6 is 23.2 Å². The Morgan fingerprint density at radius 3 is 2.78 bits per heavy atom. The van der Waals surface area contributed by atoms with E-state index < -0.39 is 0 Å². The average Bonchev–Trinajstić information content (AvgIpc) is 2.33. The number of aromatic nitrogens is 1. The highest BCUT2D eigenvalue weighted by Crippen LogP contribution is 2.33. The van der Waals surface area contributed by atoms with Crippen LogP contribution in [0.15, 0.2) is 6.07 Å². The van der Waals surface area contributed by atoms with Crippen LogP contribution in [0.4, 0.5) is 11.6 Å². The van der Waals surface area contributed by atoms with E-state index in [0.29, 0.717) is 22.5 Å². The predicted octanol–water partition coefficient (Wildman–Crippen LogP) is 3.04. The van der Waals surface area contributed by atoms with Crippen molar-refractivity contribution in [2.24, 2.45) is 0 Å². The van der Waals surface area contributed by atoms with E-state index in [2.05, 4.69) is 22.1 Å². The van der Waals surface area contributed by atoms with Crippen molar-refractivity contribution < 1.29 is 4.74 Å². The van der Waals surface area contributed by atoms with Gasteiger partial charge in [0, 0.05) is 13.6 Å². The van der Waals surface area contributed by atoms with Gasteiger partial charge >= 0.3 is 0 Å². The van der Waals surface area contributed by atoms with Gasteiger partial charge in [0.05, 0.1) is 28.8 Å². The van der Waals surface area contributed by atoms with Gasteiger partial charge < -0.3 is 15.0 Å².